The second-order valence-corrected chi connectivity index (χ2v) is 4.86. The van der Waals surface area contributed by atoms with Gasteiger partial charge in [0.25, 0.3) is 0 Å². The van der Waals surface area contributed by atoms with Crippen molar-refractivity contribution in [2.24, 2.45) is 5.92 Å². The molecule has 2 unspecified atom stereocenters. The summed E-state index contributed by atoms with van der Waals surface area (Å²) in [5, 5.41) is 4.33. The molecule has 1 rings (SSSR count). The standard InChI is InChI=1S/C9H19NS/c1-7(11-3)6-10-8(2)9-4-5-9/h7-10H,4-6H2,1-3H3. The van der Waals surface area contributed by atoms with Crippen LogP contribution < -0.4 is 5.32 Å². The Kier molecular flexibility index (Phi) is 3.73. The predicted molar refractivity (Wildman–Crippen MR) is 53.2 cm³/mol. The van der Waals surface area contributed by atoms with Crippen molar-refractivity contribution in [3.8, 4) is 0 Å². The molecule has 0 radical (unpaired) electrons. The lowest BCUT2D eigenvalue weighted by molar-refractivity contribution is 0.500. The van der Waals surface area contributed by atoms with Crippen LogP contribution in [0.2, 0.25) is 0 Å². The van der Waals surface area contributed by atoms with Gasteiger partial charge in [0.2, 0.25) is 0 Å². The Morgan fingerprint density at radius 1 is 1.45 bits per heavy atom. The molecule has 1 aliphatic carbocycles. The van der Waals surface area contributed by atoms with Crippen LogP contribution in [-0.4, -0.2) is 24.1 Å². The van der Waals surface area contributed by atoms with Crippen molar-refractivity contribution in [1.82, 2.24) is 5.32 Å². The van der Waals surface area contributed by atoms with E-state index < -0.39 is 0 Å². The summed E-state index contributed by atoms with van der Waals surface area (Å²) in [6, 6.07) is 0.754. The molecule has 0 heterocycles. The maximum absolute atomic E-state index is 3.57. The molecule has 1 nitrogen and oxygen atoms in total. The molecule has 1 N–H and O–H groups in total. The van der Waals surface area contributed by atoms with Crippen LogP contribution in [-0.2, 0) is 0 Å². The maximum Gasteiger partial charge on any atom is 0.0141 e. The van der Waals surface area contributed by atoms with Gasteiger partial charge in [0, 0.05) is 17.8 Å². The number of thioether (sulfide) groups is 1. The van der Waals surface area contributed by atoms with Crippen molar-refractivity contribution >= 4 is 11.8 Å². The smallest absolute Gasteiger partial charge is 0.0141 e. The first-order chi connectivity index (χ1) is 5.24. The minimum atomic E-state index is 0.754. The van der Waals surface area contributed by atoms with Crippen molar-refractivity contribution in [2.45, 2.75) is 38.0 Å². The highest BCUT2D eigenvalue weighted by Gasteiger charge is 2.27. The van der Waals surface area contributed by atoms with Gasteiger partial charge in [0.05, 0.1) is 0 Å². The second-order valence-electron chi connectivity index (χ2n) is 3.58. The molecule has 0 aliphatic heterocycles. The van der Waals surface area contributed by atoms with E-state index in [0.717, 1.165) is 17.2 Å². The summed E-state index contributed by atoms with van der Waals surface area (Å²) >= 11 is 1.94. The molecule has 0 bridgehead atoms. The van der Waals surface area contributed by atoms with Gasteiger partial charge in [-0.3, -0.25) is 0 Å². The van der Waals surface area contributed by atoms with E-state index in [1.165, 1.54) is 19.4 Å². The Morgan fingerprint density at radius 2 is 2.09 bits per heavy atom. The van der Waals surface area contributed by atoms with Crippen LogP contribution >= 0.6 is 11.8 Å². The summed E-state index contributed by atoms with van der Waals surface area (Å²) < 4.78 is 0. The van der Waals surface area contributed by atoms with Crippen LogP contribution in [0.15, 0.2) is 0 Å². The normalized spacial score (nSPS) is 23.2. The maximum atomic E-state index is 3.57. The predicted octanol–water partition coefficient (Wildman–Crippen LogP) is 2.13. The molecule has 2 heteroatoms. The lowest BCUT2D eigenvalue weighted by Gasteiger charge is -2.15. The number of nitrogens with one attached hydrogen (secondary N) is 1. The highest BCUT2D eigenvalue weighted by molar-refractivity contribution is 7.99. The molecule has 1 aliphatic rings. The Hall–Kier alpha value is 0.310. The first-order valence-corrected chi connectivity index (χ1v) is 5.79. The molecule has 0 aromatic rings. The summed E-state index contributed by atoms with van der Waals surface area (Å²) in [6.07, 6.45) is 5.07. The van der Waals surface area contributed by atoms with E-state index >= 15 is 0 Å². The molecule has 0 amide bonds. The third-order valence-electron chi connectivity index (χ3n) is 2.46. The van der Waals surface area contributed by atoms with E-state index in [1.54, 1.807) is 0 Å². The Balaban J connectivity index is 2.00. The quantitative estimate of drug-likeness (QED) is 0.683. The van der Waals surface area contributed by atoms with E-state index in [4.69, 9.17) is 0 Å². The Morgan fingerprint density at radius 3 is 2.55 bits per heavy atom. The summed E-state index contributed by atoms with van der Waals surface area (Å²) in [4.78, 5) is 0. The number of hydrogen-bond donors (Lipinski definition) is 1. The van der Waals surface area contributed by atoms with Crippen molar-refractivity contribution in [2.75, 3.05) is 12.8 Å². The average molecular weight is 173 g/mol. The minimum absolute atomic E-state index is 0.754. The average Bonchev–Trinajstić information content (AvgIpc) is 2.81. The van der Waals surface area contributed by atoms with Gasteiger partial charge in [-0.2, -0.15) is 11.8 Å². The van der Waals surface area contributed by atoms with Gasteiger partial charge < -0.3 is 5.32 Å². The van der Waals surface area contributed by atoms with Gasteiger partial charge in [-0.15, -0.1) is 0 Å². The third kappa shape index (κ3) is 3.48. The van der Waals surface area contributed by atoms with Gasteiger partial charge in [0.1, 0.15) is 0 Å². The zero-order valence-corrected chi connectivity index (χ0v) is 8.58. The van der Waals surface area contributed by atoms with Gasteiger partial charge in [0.15, 0.2) is 0 Å². The SMILES string of the molecule is CSC(C)CNC(C)C1CC1. The van der Waals surface area contributed by atoms with Gasteiger partial charge in [-0.05, 0) is 31.9 Å². The summed E-state index contributed by atoms with van der Waals surface area (Å²) in [5.74, 6) is 0.990. The van der Waals surface area contributed by atoms with Crippen molar-refractivity contribution < 1.29 is 0 Å². The highest BCUT2D eigenvalue weighted by Crippen LogP contribution is 2.32. The molecule has 11 heavy (non-hydrogen) atoms. The minimum Gasteiger partial charge on any atom is -0.313 e. The fraction of sp³-hybridized carbons (Fsp3) is 1.00. The zero-order valence-electron chi connectivity index (χ0n) is 7.76. The van der Waals surface area contributed by atoms with Crippen LogP contribution in [0.3, 0.4) is 0 Å². The van der Waals surface area contributed by atoms with E-state index in [1.807, 2.05) is 11.8 Å². The Labute approximate surface area is 74.3 Å². The highest BCUT2D eigenvalue weighted by atomic mass is 32.2. The second kappa shape index (κ2) is 4.36. The van der Waals surface area contributed by atoms with Crippen LogP contribution in [0.4, 0.5) is 0 Å². The topological polar surface area (TPSA) is 12.0 Å². The molecular weight excluding hydrogens is 154 g/mol. The first kappa shape index (κ1) is 9.40. The fourth-order valence-electron chi connectivity index (χ4n) is 1.20. The van der Waals surface area contributed by atoms with Crippen LogP contribution in [0.1, 0.15) is 26.7 Å². The van der Waals surface area contributed by atoms with Gasteiger partial charge >= 0.3 is 0 Å². The van der Waals surface area contributed by atoms with Gasteiger partial charge in [-0.1, -0.05) is 6.92 Å². The van der Waals surface area contributed by atoms with Crippen molar-refractivity contribution in [3.05, 3.63) is 0 Å². The van der Waals surface area contributed by atoms with E-state index in [0.29, 0.717) is 0 Å². The summed E-state index contributed by atoms with van der Waals surface area (Å²) in [5.41, 5.74) is 0. The van der Waals surface area contributed by atoms with Crippen LogP contribution in [0.5, 0.6) is 0 Å². The molecule has 0 aromatic heterocycles. The van der Waals surface area contributed by atoms with Crippen molar-refractivity contribution in [3.63, 3.8) is 0 Å². The molecule has 66 valence electrons. The number of rotatable bonds is 5. The molecule has 0 saturated heterocycles. The molecule has 1 fully saturated rings. The van der Waals surface area contributed by atoms with Crippen LogP contribution in [0, 0.1) is 5.92 Å². The van der Waals surface area contributed by atoms with Crippen LogP contribution in [0.25, 0.3) is 0 Å². The van der Waals surface area contributed by atoms with E-state index in [-0.39, 0.29) is 0 Å². The fourth-order valence-corrected chi connectivity index (χ4v) is 1.46. The van der Waals surface area contributed by atoms with E-state index in [2.05, 4.69) is 25.4 Å². The first-order valence-electron chi connectivity index (χ1n) is 4.50. The number of hydrogen-bond acceptors (Lipinski definition) is 2. The molecule has 0 spiro atoms. The van der Waals surface area contributed by atoms with Gasteiger partial charge in [-0.25, -0.2) is 0 Å². The monoisotopic (exact) mass is 173 g/mol. The summed E-state index contributed by atoms with van der Waals surface area (Å²) in [7, 11) is 0. The zero-order chi connectivity index (χ0) is 8.27. The molecular formula is C9H19NS. The van der Waals surface area contributed by atoms with E-state index in [9.17, 15) is 0 Å². The lowest BCUT2D eigenvalue weighted by atomic mass is 10.2. The molecule has 2 atom stereocenters. The third-order valence-corrected chi connectivity index (χ3v) is 3.43. The largest absolute Gasteiger partial charge is 0.313 e. The Bertz CT molecular complexity index is 112. The molecule has 1 saturated carbocycles. The lowest BCUT2D eigenvalue weighted by Crippen LogP contribution is -2.32. The summed E-state index contributed by atoms with van der Waals surface area (Å²) in [6.45, 7) is 5.75. The molecule has 0 aromatic carbocycles. The van der Waals surface area contributed by atoms with Crippen molar-refractivity contribution in [1.29, 1.82) is 0 Å².